The number of nitrogens with one attached hydrogen (secondary N) is 2. The maximum atomic E-state index is 12.7. The van der Waals surface area contributed by atoms with Crippen molar-refractivity contribution >= 4 is 23.5 Å². The minimum absolute atomic E-state index is 0.0785. The van der Waals surface area contributed by atoms with E-state index in [1.165, 1.54) is 29.5 Å². The number of rotatable bonds is 6. The number of hydrogen-bond donors (Lipinski definition) is 2. The van der Waals surface area contributed by atoms with Crippen LogP contribution in [0.5, 0.6) is 0 Å². The molecule has 1 aliphatic carbocycles. The van der Waals surface area contributed by atoms with Crippen molar-refractivity contribution in [2.75, 3.05) is 13.6 Å². The minimum Gasteiger partial charge on any atom is -0.350 e. The van der Waals surface area contributed by atoms with Crippen LogP contribution < -0.4 is 10.9 Å². The number of aliphatic imine (C=N–C) groups is 1. The first kappa shape index (κ1) is 20.5. The van der Waals surface area contributed by atoms with Crippen LogP contribution in [0.3, 0.4) is 0 Å². The SMILES string of the molecule is CN1NOC(=O)/C1=C/C(=NC(=O)c1ccccc1)C(=O)NCCC1=CCCCC1. The predicted octanol–water partition coefficient (Wildman–Crippen LogP) is 2.07. The van der Waals surface area contributed by atoms with Crippen LogP contribution in [-0.4, -0.2) is 42.1 Å². The van der Waals surface area contributed by atoms with Gasteiger partial charge in [0.15, 0.2) is 0 Å². The zero-order valence-corrected chi connectivity index (χ0v) is 16.3. The predicted molar refractivity (Wildman–Crippen MR) is 107 cm³/mol. The summed E-state index contributed by atoms with van der Waals surface area (Å²) in [6.45, 7) is 0.435. The third kappa shape index (κ3) is 5.61. The summed E-state index contributed by atoms with van der Waals surface area (Å²) in [5.74, 6) is -1.75. The molecular formula is C21H24N4O4. The van der Waals surface area contributed by atoms with Crippen molar-refractivity contribution in [1.29, 1.82) is 0 Å². The molecule has 0 spiro atoms. The van der Waals surface area contributed by atoms with E-state index in [-0.39, 0.29) is 11.4 Å². The lowest BCUT2D eigenvalue weighted by molar-refractivity contribution is -0.142. The molecule has 8 heteroatoms. The summed E-state index contributed by atoms with van der Waals surface area (Å²) in [6, 6.07) is 8.43. The van der Waals surface area contributed by atoms with Crippen molar-refractivity contribution in [3.8, 4) is 0 Å². The number of allylic oxidation sites excluding steroid dienone is 1. The topological polar surface area (TPSA) is 100 Å². The van der Waals surface area contributed by atoms with Crippen LogP contribution in [-0.2, 0) is 14.4 Å². The van der Waals surface area contributed by atoms with E-state index in [0.29, 0.717) is 12.1 Å². The zero-order chi connectivity index (χ0) is 20.6. The summed E-state index contributed by atoms with van der Waals surface area (Å²) in [5.41, 5.74) is 3.98. The summed E-state index contributed by atoms with van der Waals surface area (Å²) in [4.78, 5) is 45.7. The van der Waals surface area contributed by atoms with Gasteiger partial charge in [-0.05, 0) is 44.2 Å². The first-order valence-electron chi connectivity index (χ1n) is 9.61. The molecule has 0 aromatic heterocycles. The Balaban J connectivity index is 1.76. The van der Waals surface area contributed by atoms with Gasteiger partial charge in [-0.25, -0.2) is 9.79 Å². The Morgan fingerprint density at radius 1 is 1.28 bits per heavy atom. The molecule has 1 aliphatic heterocycles. The van der Waals surface area contributed by atoms with Gasteiger partial charge in [-0.1, -0.05) is 35.4 Å². The van der Waals surface area contributed by atoms with E-state index in [4.69, 9.17) is 4.84 Å². The minimum atomic E-state index is -0.660. The summed E-state index contributed by atoms with van der Waals surface area (Å²) >= 11 is 0. The lowest BCUT2D eigenvalue weighted by atomic mass is 9.97. The Labute approximate surface area is 169 Å². The molecular weight excluding hydrogens is 372 g/mol. The van der Waals surface area contributed by atoms with E-state index in [9.17, 15) is 14.4 Å². The third-order valence-corrected chi connectivity index (χ3v) is 4.71. The second-order valence-electron chi connectivity index (χ2n) is 6.85. The molecule has 2 aliphatic rings. The molecule has 29 heavy (non-hydrogen) atoms. The Hall–Kier alpha value is -3.26. The number of benzene rings is 1. The van der Waals surface area contributed by atoms with Crippen LogP contribution >= 0.6 is 0 Å². The molecule has 0 atom stereocenters. The van der Waals surface area contributed by atoms with E-state index in [0.717, 1.165) is 19.3 Å². The van der Waals surface area contributed by atoms with Gasteiger partial charge in [-0.2, -0.15) is 0 Å². The maximum absolute atomic E-state index is 12.7. The first-order chi connectivity index (χ1) is 14.0. The molecule has 3 rings (SSSR count). The lowest BCUT2D eigenvalue weighted by Gasteiger charge is -2.13. The summed E-state index contributed by atoms with van der Waals surface area (Å²) in [5, 5.41) is 4.10. The monoisotopic (exact) mass is 396 g/mol. The maximum Gasteiger partial charge on any atom is 0.376 e. The summed E-state index contributed by atoms with van der Waals surface area (Å²) in [7, 11) is 1.56. The average Bonchev–Trinajstić information content (AvgIpc) is 3.06. The quantitative estimate of drug-likeness (QED) is 0.434. The molecule has 8 nitrogen and oxygen atoms in total. The van der Waals surface area contributed by atoms with Crippen molar-refractivity contribution < 1.29 is 19.2 Å². The van der Waals surface area contributed by atoms with Crippen molar-refractivity contribution in [2.45, 2.75) is 32.1 Å². The van der Waals surface area contributed by atoms with Gasteiger partial charge in [0, 0.05) is 25.2 Å². The van der Waals surface area contributed by atoms with Gasteiger partial charge in [-0.3, -0.25) is 14.6 Å². The molecule has 2 N–H and O–H groups in total. The normalized spacial score (nSPS) is 18.4. The number of hydrazine groups is 1. The van der Waals surface area contributed by atoms with E-state index in [1.807, 2.05) is 0 Å². The van der Waals surface area contributed by atoms with Crippen molar-refractivity contribution in [3.05, 3.63) is 59.3 Å². The van der Waals surface area contributed by atoms with Crippen molar-refractivity contribution in [1.82, 2.24) is 15.9 Å². The zero-order valence-electron chi connectivity index (χ0n) is 16.3. The van der Waals surface area contributed by atoms with Gasteiger partial charge >= 0.3 is 5.97 Å². The number of hydrogen-bond acceptors (Lipinski definition) is 6. The molecule has 1 aromatic rings. The highest BCUT2D eigenvalue weighted by Gasteiger charge is 2.26. The fourth-order valence-corrected chi connectivity index (χ4v) is 3.10. The van der Waals surface area contributed by atoms with E-state index < -0.39 is 17.8 Å². The molecule has 0 bridgehead atoms. The fraction of sp³-hybridized carbons (Fsp3) is 0.333. The van der Waals surface area contributed by atoms with Crippen LogP contribution in [0.4, 0.5) is 0 Å². The van der Waals surface area contributed by atoms with Gasteiger partial charge in [0.1, 0.15) is 11.4 Å². The van der Waals surface area contributed by atoms with Gasteiger partial charge in [-0.15, -0.1) is 0 Å². The molecule has 1 fully saturated rings. The Bertz CT molecular complexity index is 874. The number of amides is 2. The standard InChI is InChI=1S/C21H24N4O4/c1-25-18(21(28)29-24-25)14-17(23-19(26)16-10-6-3-7-11-16)20(27)22-13-12-15-8-4-2-5-9-15/h3,6-8,10-11,14,24H,2,4-5,9,12-13H2,1H3,(H,22,27)/b18-14-,23-17?. The van der Waals surface area contributed by atoms with E-state index >= 15 is 0 Å². The van der Waals surface area contributed by atoms with Crippen LogP contribution in [0, 0.1) is 0 Å². The molecule has 0 radical (unpaired) electrons. The van der Waals surface area contributed by atoms with Gasteiger partial charge in [0.05, 0.1) is 0 Å². The van der Waals surface area contributed by atoms with Crippen LogP contribution in [0.25, 0.3) is 0 Å². The van der Waals surface area contributed by atoms with E-state index in [2.05, 4.69) is 22.0 Å². The second-order valence-corrected chi connectivity index (χ2v) is 6.85. The number of carbonyl (C=O) groups is 3. The van der Waals surface area contributed by atoms with Gasteiger partial charge < -0.3 is 10.2 Å². The van der Waals surface area contributed by atoms with Crippen molar-refractivity contribution in [2.24, 2.45) is 4.99 Å². The van der Waals surface area contributed by atoms with Crippen LogP contribution in [0.15, 0.2) is 58.7 Å². The molecule has 1 saturated heterocycles. The largest absolute Gasteiger partial charge is 0.376 e. The number of carbonyl (C=O) groups excluding carboxylic acids is 3. The smallest absolute Gasteiger partial charge is 0.350 e. The highest BCUT2D eigenvalue weighted by Crippen LogP contribution is 2.19. The van der Waals surface area contributed by atoms with Crippen LogP contribution in [0.2, 0.25) is 0 Å². The molecule has 1 aromatic carbocycles. The summed E-state index contributed by atoms with van der Waals surface area (Å²) < 4.78 is 0. The average molecular weight is 396 g/mol. The van der Waals surface area contributed by atoms with Crippen molar-refractivity contribution in [3.63, 3.8) is 0 Å². The Kier molecular flexibility index (Phi) is 6.91. The van der Waals surface area contributed by atoms with Gasteiger partial charge in [0.2, 0.25) is 0 Å². The Morgan fingerprint density at radius 3 is 2.72 bits per heavy atom. The van der Waals surface area contributed by atoms with Crippen LogP contribution in [0.1, 0.15) is 42.5 Å². The second kappa shape index (κ2) is 9.79. The molecule has 0 unspecified atom stereocenters. The first-order valence-corrected chi connectivity index (χ1v) is 9.61. The fourth-order valence-electron chi connectivity index (χ4n) is 3.10. The molecule has 152 valence electrons. The van der Waals surface area contributed by atoms with E-state index in [1.54, 1.807) is 37.4 Å². The Morgan fingerprint density at radius 2 is 2.07 bits per heavy atom. The highest BCUT2D eigenvalue weighted by atomic mass is 16.7. The third-order valence-electron chi connectivity index (χ3n) is 4.71. The number of likely N-dealkylation sites (N-methyl/N-ethyl adjacent to an activating group) is 1. The molecule has 2 amide bonds. The molecule has 1 heterocycles. The van der Waals surface area contributed by atoms with Gasteiger partial charge in [0.25, 0.3) is 11.8 Å². The number of nitrogens with zero attached hydrogens (tertiary/aromatic N) is 2. The summed E-state index contributed by atoms with van der Waals surface area (Å²) in [6.07, 6.45) is 8.74. The molecule has 0 saturated carbocycles. The highest BCUT2D eigenvalue weighted by molar-refractivity contribution is 6.45. The lowest BCUT2D eigenvalue weighted by Crippen LogP contribution is -2.33.